The van der Waals surface area contributed by atoms with Gasteiger partial charge in [0, 0.05) is 37.6 Å². The third-order valence-corrected chi connectivity index (χ3v) is 5.08. The molecule has 0 unspecified atom stereocenters. The highest BCUT2D eigenvalue weighted by Crippen LogP contribution is 2.29. The largest absolute Gasteiger partial charge is 0.491 e. The number of amides is 1. The summed E-state index contributed by atoms with van der Waals surface area (Å²) in [6, 6.07) is 7.18. The molecule has 0 bridgehead atoms. The lowest BCUT2D eigenvalue weighted by Crippen LogP contribution is -2.44. The second-order valence-corrected chi connectivity index (χ2v) is 7.32. The molecule has 6 nitrogen and oxygen atoms in total. The number of methoxy groups -OCH3 is 1. The van der Waals surface area contributed by atoms with Gasteiger partial charge in [0.25, 0.3) is 5.91 Å². The molecule has 0 saturated carbocycles. The first kappa shape index (κ1) is 22.8. The van der Waals surface area contributed by atoms with Gasteiger partial charge in [0.05, 0.1) is 7.11 Å². The lowest BCUT2D eigenvalue weighted by molar-refractivity contribution is 0.0966. The molecule has 0 aliphatic carbocycles. The summed E-state index contributed by atoms with van der Waals surface area (Å²) >= 11 is 4.97. The first-order chi connectivity index (χ1) is 14.7. The molecular formula is C20H20F4N4O2S. The fourth-order valence-corrected chi connectivity index (χ4v) is 3.35. The third kappa shape index (κ3) is 4.88. The van der Waals surface area contributed by atoms with Gasteiger partial charge >= 0.3 is 0 Å². The number of rotatable bonds is 4. The fourth-order valence-electron chi connectivity index (χ4n) is 3.14. The average Bonchev–Trinajstić information content (AvgIpc) is 2.74. The van der Waals surface area contributed by atoms with Crippen LogP contribution >= 0.6 is 12.2 Å². The zero-order valence-corrected chi connectivity index (χ0v) is 17.6. The number of carbonyl (C=O) groups is 1. The van der Waals surface area contributed by atoms with E-state index in [-0.39, 0.29) is 5.11 Å². The standard InChI is InChI=1S/C20H20F4N4O2S/c1-27-7-9-28(10-8-27)12-5-3-11(4-6-12)25-20(31)26-19(29)13-14(21)16(23)18(30-2)17(24)15(13)22/h3-6H,7-10H2,1-2H3,(H2,25,26,29,31). The molecule has 3 rings (SSSR count). The molecule has 1 fully saturated rings. The smallest absolute Gasteiger partial charge is 0.263 e. The van der Waals surface area contributed by atoms with E-state index in [0.29, 0.717) is 5.69 Å². The van der Waals surface area contributed by atoms with E-state index in [2.05, 4.69) is 26.9 Å². The first-order valence-electron chi connectivity index (χ1n) is 9.28. The fraction of sp³-hybridized carbons (Fsp3) is 0.300. The number of thiocarbonyl (C=S) groups is 1. The predicted molar refractivity (Wildman–Crippen MR) is 113 cm³/mol. The summed E-state index contributed by atoms with van der Waals surface area (Å²) in [4.78, 5) is 16.6. The minimum absolute atomic E-state index is 0.298. The number of likely N-dealkylation sites (N-methyl/N-ethyl adjacent to an activating group) is 1. The minimum Gasteiger partial charge on any atom is -0.491 e. The first-order valence-corrected chi connectivity index (χ1v) is 9.69. The lowest BCUT2D eigenvalue weighted by atomic mass is 10.1. The highest BCUT2D eigenvalue weighted by Gasteiger charge is 2.30. The van der Waals surface area contributed by atoms with Gasteiger partial charge in [0.1, 0.15) is 5.56 Å². The molecule has 0 atom stereocenters. The molecule has 31 heavy (non-hydrogen) atoms. The van der Waals surface area contributed by atoms with Crippen LogP contribution in [0.5, 0.6) is 5.75 Å². The molecule has 2 aromatic carbocycles. The van der Waals surface area contributed by atoms with Crippen LogP contribution in [0.2, 0.25) is 0 Å². The quantitative estimate of drug-likeness (QED) is 0.419. The van der Waals surface area contributed by atoms with Crippen molar-refractivity contribution in [2.45, 2.75) is 0 Å². The maximum atomic E-state index is 14.1. The Labute approximate surface area is 181 Å². The predicted octanol–water partition coefficient (Wildman–Crippen LogP) is 3.13. The topological polar surface area (TPSA) is 56.8 Å². The summed E-state index contributed by atoms with van der Waals surface area (Å²) in [7, 11) is 2.90. The number of nitrogens with one attached hydrogen (secondary N) is 2. The van der Waals surface area contributed by atoms with Crippen LogP contribution in [-0.4, -0.2) is 56.3 Å². The van der Waals surface area contributed by atoms with Crippen molar-refractivity contribution >= 4 is 34.6 Å². The van der Waals surface area contributed by atoms with Crippen molar-refractivity contribution in [1.29, 1.82) is 0 Å². The van der Waals surface area contributed by atoms with Crippen LogP contribution in [-0.2, 0) is 0 Å². The van der Waals surface area contributed by atoms with Gasteiger partial charge in [-0.2, -0.15) is 8.78 Å². The van der Waals surface area contributed by atoms with E-state index < -0.39 is 40.5 Å². The van der Waals surface area contributed by atoms with Gasteiger partial charge in [0.15, 0.2) is 22.5 Å². The Morgan fingerprint density at radius 2 is 1.52 bits per heavy atom. The SMILES string of the molecule is COc1c(F)c(F)c(C(=O)NC(=S)Nc2ccc(N3CCN(C)CC3)cc2)c(F)c1F. The number of ether oxygens (including phenoxy) is 1. The van der Waals surface area contributed by atoms with Crippen molar-refractivity contribution in [3.05, 3.63) is 53.1 Å². The second-order valence-electron chi connectivity index (χ2n) is 6.91. The Hall–Kier alpha value is -2.92. The molecule has 1 heterocycles. The maximum absolute atomic E-state index is 14.1. The number of carbonyl (C=O) groups excluding carboxylic acids is 1. The van der Waals surface area contributed by atoms with E-state index in [1.54, 1.807) is 12.1 Å². The van der Waals surface area contributed by atoms with Gasteiger partial charge in [-0.05, 0) is 43.5 Å². The highest BCUT2D eigenvalue weighted by molar-refractivity contribution is 7.80. The van der Waals surface area contributed by atoms with Crippen molar-refractivity contribution in [3.63, 3.8) is 0 Å². The molecule has 11 heteroatoms. The molecule has 1 saturated heterocycles. The minimum atomic E-state index is -1.88. The van der Waals surface area contributed by atoms with Crippen LogP contribution in [0.1, 0.15) is 10.4 Å². The van der Waals surface area contributed by atoms with E-state index in [9.17, 15) is 22.4 Å². The highest BCUT2D eigenvalue weighted by atomic mass is 32.1. The number of piperazine rings is 1. The number of anilines is 2. The zero-order valence-electron chi connectivity index (χ0n) is 16.8. The summed E-state index contributed by atoms with van der Waals surface area (Å²) in [6.45, 7) is 3.69. The Morgan fingerprint density at radius 1 is 0.968 bits per heavy atom. The Kier molecular flexibility index (Phi) is 6.96. The molecule has 2 N–H and O–H groups in total. The third-order valence-electron chi connectivity index (χ3n) is 4.87. The Balaban J connectivity index is 1.67. The van der Waals surface area contributed by atoms with Crippen LogP contribution in [0, 0.1) is 23.3 Å². The van der Waals surface area contributed by atoms with E-state index in [0.717, 1.165) is 39.0 Å². The summed E-state index contributed by atoms with van der Waals surface area (Å²) in [5.41, 5.74) is 0.0866. The molecular weight excluding hydrogens is 436 g/mol. The summed E-state index contributed by atoms with van der Waals surface area (Å²) < 4.78 is 60.1. The van der Waals surface area contributed by atoms with Crippen molar-refractivity contribution in [2.75, 3.05) is 50.6 Å². The van der Waals surface area contributed by atoms with Crippen LogP contribution in [0.25, 0.3) is 0 Å². The van der Waals surface area contributed by atoms with Crippen LogP contribution in [0.3, 0.4) is 0 Å². The van der Waals surface area contributed by atoms with Crippen molar-refractivity contribution < 1.29 is 27.1 Å². The molecule has 166 valence electrons. The Bertz CT molecular complexity index is 967. The molecule has 0 radical (unpaired) electrons. The maximum Gasteiger partial charge on any atom is 0.263 e. The monoisotopic (exact) mass is 456 g/mol. The van der Waals surface area contributed by atoms with Gasteiger partial charge in [-0.3, -0.25) is 10.1 Å². The number of hydrogen-bond acceptors (Lipinski definition) is 5. The summed E-state index contributed by atoms with van der Waals surface area (Å²) in [5, 5.41) is 4.40. The molecule has 0 aromatic heterocycles. The van der Waals surface area contributed by atoms with Gasteiger partial charge in [-0.25, -0.2) is 8.78 Å². The van der Waals surface area contributed by atoms with Gasteiger partial charge in [-0.15, -0.1) is 0 Å². The molecule has 0 spiro atoms. The number of halogens is 4. The zero-order chi connectivity index (χ0) is 22.7. The second kappa shape index (κ2) is 9.48. The number of benzene rings is 2. The molecule has 1 aliphatic rings. The van der Waals surface area contributed by atoms with E-state index in [1.165, 1.54) is 0 Å². The van der Waals surface area contributed by atoms with E-state index in [4.69, 9.17) is 12.2 Å². The van der Waals surface area contributed by atoms with Crippen LogP contribution in [0.15, 0.2) is 24.3 Å². The molecule has 2 aromatic rings. The average molecular weight is 456 g/mol. The van der Waals surface area contributed by atoms with Crippen molar-refractivity contribution in [2.24, 2.45) is 0 Å². The normalized spacial score (nSPS) is 14.3. The Morgan fingerprint density at radius 3 is 2.03 bits per heavy atom. The van der Waals surface area contributed by atoms with Crippen LogP contribution in [0.4, 0.5) is 28.9 Å². The molecule has 1 amide bonds. The summed E-state index contributed by atoms with van der Waals surface area (Å²) in [5.74, 6) is -10.1. The van der Waals surface area contributed by atoms with Gasteiger partial charge in [0.2, 0.25) is 11.6 Å². The van der Waals surface area contributed by atoms with Crippen LogP contribution < -0.4 is 20.3 Å². The van der Waals surface area contributed by atoms with Gasteiger partial charge < -0.3 is 19.9 Å². The lowest BCUT2D eigenvalue weighted by Gasteiger charge is -2.34. The van der Waals surface area contributed by atoms with E-state index in [1.807, 2.05) is 17.4 Å². The van der Waals surface area contributed by atoms with E-state index >= 15 is 0 Å². The van der Waals surface area contributed by atoms with Gasteiger partial charge in [-0.1, -0.05) is 0 Å². The number of hydrogen-bond donors (Lipinski definition) is 2. The molecule has 1 aliphatic heterocycles. The van der Waals surface area contributed by atoms with Crippen molar-refractivity contribution in [3.8, 4) is 5.75 Å². The van der Waals surface area contributed by atoms with Crippen molar-refractivity contribution in [1.82, 2.24) is 10.2 Å². The number of nitrogens with zero attached hydrogens (tertiary/aromatic N) is 2. The summed E-state index contributed by atoms with van der Waals surface area (Å²) in [6.07, 6.45) is 0.